The van der Waals surface area contributed by atoms with E-state index in [1.54, 1.807) is 7.05 Å². The zero-order chi connectivity index (χ0) is 7.98. The topological polar surface area (TPSA) is 78.4 Å². The van der Waals surface area contributed by atoms with Crippen molar-refractivity contribution >= 4 is 12.3 Å². The number of aliphatic carboxylic acids is 1. The van der Waals surface area contributed by atoms with Crippen LogP contribution >= 0.6 is 0 Å². The van der Waals surface area contributed by atoms with E-state index in [0.717, 1.165) is 0 Å². The van der Waals surface area contributed by atoms with E-state index in [9.17, 15) is 9.59 Å². The van der Waals surface area contributed by atoms with Gasteiger partial charge >= 0.3 is 5.97 Å². The second-order valence-electron chi connectivity index (χ2n) is 1.68. The van der Waals surface area contributed by atoms with Crippen LogP contribution in [0, 0.1) is 0 Å². The van der Waals surface area contributed by atoms with Crippen LogP contribution in [0.2, 0.25) is 0 Å². The zero-order valence-electron chi connectivity index (χ0n) is 5.63. The first-order chi connectivity index (χ1) is 4.70. The van der Waals surface area contributed by atoms with Crippen molar-refractivity contribution in [3.8, 4) is 0 Å². The molecule has 0 rings (SSSR count). The first-order valence-electron chi connectivity index (χ1n) is 2.78. The Hall–Kier alpha value is -0.940. The molecule has 58 valence electrons. The number of nitrogens with one attached hydrogen (secondary N) is 2. The number of hydrogen-bond donors (Lipinski definition) is 3. The molecule has 0 radical (unpaired) electrons. The third-order valence-electron chi connectivity index (χ3n) is 0.920. The SMILES string of the molecule is CNC(C=O)NCC(=O)O. The maximum atomic E-state index is 10.0. The summed E-state index contributed by atoms with van der Waals surface area (Å²) in [6.07, 6.45) is 0.0271. The van der Waals surface area contributed by atoms with E-state index in [0.29, 0.717) is 6.29 Å². The van der Waals surface area contributed by atoms with Crippen molar-refractivity contribution in [3.63, 3.8) is 0 Å². The molecule has 0 aliphatic heterocycles. The largest absolute Gasteiger partial charge is 0.480 e. The van der Waals surface area contributed by atoms with Gasteiger partial charge in [-0.2, -0.15) is 0 Å². The Morgan fingerprint density at radius 3 is 2.70 bits per heavy atom. The normalized spacial score (nSPS) is 12.5. The van der Waals surface area contributed by atoms with E-state index in [2.05, 4.69) is 10.6 Å². The van der Waals surface area contributed by atoms with Crippen LogP contribution in [0.1, 0.15) is 0 Å². The minimum absolute atomic E-state index is 0.218. The molecule has 0 heterocycles. The maximum Gasteiger partial charge on any atom is 0.317 e. The van der Waals surface area contributed by atoms with Crippen LogP contribution < -0.4 is 10.6 Å². The summed E-state index contributed by atoms with van der Waals surface area (Å²) >= 11 is 0. The van der Waals surface area contributed by atoms with E-state index >= 15 is 0 Å². The van der Waals surface area contributed by atoms with Gasteiger partial charge in [0.15, 0.2) is 6.29 Å². The van der Waals surface area contributed by atoms with Gasteiger partial charge in [0.05, 0.1) is 6.54 Å². The summed E-state index contributed by atoms with van der Waals surface area (Å²) in [5, 5.41) is 13.2. The van der Waals surface area contributed by atoms with Gasteiger partial charge in [-0.1, -0.05) is 0 Å². The minimum atomic E-state index is -0.984. The van der Waals surface area contributed by atoms with Crippen LogP contribution in [0.4, 0.5) is 0 Å². The Balaban J connectivity index is 3.44. The Labute approximate surface area is 58.4 Å². The van der Waals surface area contributed by atoms with Gasteiger partial charge in [-0.25, -0.2) is 0 Å². The predicted octanol–water partition coefficient (Wildman–Crippen LogP) is -1.59. The highest BCUT2D eigenvalue weighted by Gasteiger charge is 2.03. The average molecular weight is 146 g/mol. The number of carbonyl (C=O) groups is 2. The molecule has 0 aromatic heterocycles. The molecule has 0 aromatic carbocycles. The first kappa shape index (κ1) is 9.06. The summed E-state index contributed by atoms with van der Waals surface area (Å²) in [6.45, 7) is -0.218. The van der Waals surface area contributed by atoms with Crippen molar-refractivity contribution in [1.82, 2.24) is 10.6 Å². The number of rotatable bonds is 5. The van der Waals surface area contributed by atoms with Gasteiger partial charge in [-0.3, -0.25) is 15.4 Å². The van der Waals surface area contributed by atoms with Gasteiger partial charge in [0, 0.05) is 0 Å². The van der Waals surface area contributed by atoms with Crippen molar-refractivity contribution in [1.29, 1.82) is 0 Å². The summed E-state index contributed by atoms with van der Waals surface area (Å²) in [4.78, 5) is 20.0. The molecule has 0 saturated carbocycles. The third-order valence-corrected chi connectivity index (χ3v) is 0.920. The lowest BCUT2D eigenvalue weighted by Gasteiger charge is -2.07. The highest BCUT2D eigenvalue weighted by Crippen LogP contribution is 1.67. The van der Waals surface area contributed by atoms with E-state index < -0.39 is 12.1 Å². The number of aldehydes is 1. The Morgan fingerprint density at radius 2 is 2.40 bits per heavy atom. The molecule has 0 aliphatic rings. The van der Waals surface area contributed by atoms with Crippen molar-refractivity contribution in [2.45, 2.75) is 6.17 Å². The van der Waals surface area contributed by atoms with Gasteiger partial charge in [0.1, 0.15) is 6.17 Å². The number of carboxylic acids is 1. The maximum absolute atomic E-state index is 10.0. The molecule has 3 N–H and O–H groups in total. The number of likely N-dealkylation sites (N-methyl/N-ethyl adjacent to an activating group) is 1. The predicted molar refractivity (Wildman–Crippen MR) is 34.6 cm³/mol. The Morgan fingerprint density at radius 1 is 1.80 bits per heavy atom. The summed E-state index contributed by atoms with van der Waals surface area (Å²) < 4.78 is 0. The van der Waals surface area contributed by atoms with Gasteiger partial charge in [0.25, 0.3) is 0 Å². The first-order valence-corrected chi connectivity index (χ1v) is 2.78. The van der Waals surface area contributed by atoms with Crippen molar-refractivity contribution < 1.29 is 14.7 Å². The van der Waals surface area contributed by atoms with Crippen LogP contribution in [0.5, 0.6) is 0 Å². The lowest BCUT2D eigenvalue weighted by molar-refractivity contribution is -0.136. The molecule has 0 amide bonds. The lowest BCUT2D eigenvalue weighted by atomic mass is 10.5. The van der Waals surface area contributed by atoms with Gasteiger partial charge in [0.2, 0.25) is 0 Å². The van der Waals surface area contributed by atoms with Crippen molar-refractivity contribution in [2.24, 2.45) is 0 Å². The van der Waals surface area contributed by atoms with Gasteiger partial charge in [-0.15, -0.1) is 0 Å². The molecule has 10 heavy (non-hydrogen) atoms. The van der Waals surface area contributed by atoms with Crippen LogP contribution in [-0.2, 0) is 9.59 Å². The molecule has 5 nitrogen and oxygen atoms in total. The molecule has 0 aromatic rings. The summed E-state index contributed by atoms with van der Waals surface area (Å²) in [5.74, 6) is -0.984. The molecule has 5 heteroatoms. The Bertz CT molecular complexity index is 126. The molecule has 0 aliphatic carbocycles. The molecule has 0 saturated heterocycles. The summed E-state index contributed by atoms with van der Waals surface area (Å²) in [7, 11) is 1.56. The highest BCUT2D eigenvalue weighted by atomic mass is 16.4. The number of carboxylic acid groups (broad SMARTS) is 1. The number of carbonyl (C=O) groups excluding carboxylic acids is 1. The highest BCUT2D eigenvalue weighted by molar-refractivity contribution is 5.70. The molecule has 1 unspecified atom stereocenters. The quantitative estimate of drug-likeness (QED) is 0.322. The molecule has 1 atom stereocenters. The average Bonchev–Trinajstić information content (AvgIpc) is 1.90. The monoisotopic (exact) mass is 146 g/mol. The van der Waals surface area contributed by atoms with Gasteiger partial charge in [-0.05, 0) is 7.05 Å². The van der Waals surface area contributed by atoms with E-state index in [-0.39, 0.29) is 6.54 Å². The van der Waals surface area contributed by atoms with Crippen LogP contribution in [0.25, 0.3) is 0 Å². The summed E-state index contributed by atoms with van der Waals surface area (Å²) in [6, 6.07) is 0. The van der Waals surface area contributed by atoms with E-state index in [1.165, 1.54) is 0 Å². The minimum Gasteiger partial charge on any atom is -0.480 e. The smallest absolute Gasteiger partial charge is 0.317 e. The van der Waals surface area contributed by atoms with Gasteiger partial charge < -0.3 is 9.90 Å². The van der Waals surface area contributed by atoms with E-state index in [1.807, 2.05) is 0 Å². The second kappa shape index (κ2) is 4.89. The van der Waals surface area contributed by atoms with E-state index in [4.69, 9.17) is 5.11 Å². The molecule has 0 spiro atoms. The van der Waals surface area contributed by atoms with Crippen LogP contribution in [-0.4, -0.2) is 37.1 Å². The van der Waals surface area contributed by atoms with Crippen molar-refractivity contribution in [2.75, 3.05) is 13.6 Å². The zero-order valence-corrected chi connectivity index (χ0v) is 5.63. The summed E-state index contributed by atoms with van der Waals surface area (Å²) in [5.41, 5.74) is 0. The standard InChI is InChI=1S/C5H10N2O3/c1-6-4(3-8)7-2-5(9)10/h3-4,6-7H,2H2,1H3,(H,9,10). The molecular formula is C5H10N2O3. The number of hydrogen-bond acceptors (Lipinski definition) is 4. The lowest BCUT2D eigenvalue weighted by Crippen LogP contribution is -2.43. The van der Waals surface area contributed by atoms with Crippen molar-refractivity contribution in [3.05, 3.63) is 0 Å². The van der Waals surface area contributed by atoms with Crippen LogP contribution in [0.3, 0.4) is 0 Å². The second-order valence-corrected chi connectivity index (χ2v) is 1.68. The molecule has 0 bridgehead atoms. The molecular weight excluding hydrogens is 136 g/mol. The Kier molecular flexibility index (Phi) is 4.43. The van der Waals surface area contributed by atoms with Crippen LogP contribution in [0.15, 0.2) is 0 Å². The molecule has 0 fully saturated rings. The fourth-order valence-electron chi connectivity index (χ4n) is 0.415. The fraction of sp³-hybridized carbons (Fsp3) is 0.600. The fourth-order valence-corrected chi connectivity index (χ4v) is 0.415. The third kappa shape index (κ3) is 3.99.